The molecule has 0 aliphatic heterocycles. The Morgan fingerprint density at radius 3 is 2.59 bits per heavy atom. The van der Waals surface area contributed by atoms with Crippen molar-refractivity contribution in [3.8, 4) is 5.75 Å². The first-order valence-corrected chi connectivity index (χ1v) is 5.82. The molecule has 0 bridgehead atoms. The maximum absolute atomic E-state index is 11.6. The van der Waals surface area contributed by atoms with Gasteiger partial charge in [-0.3, -0.25) is 4.79 Å². The minimum atomic E-state index is -0.846. The van der Waals surface area contributed by atoms with Crippen molar-refractivity contribution in [1.82, 2.24) is 0 Å². The Morgan fingerprint density at radius 1 is 1.41 bits per heavy atom. The average molecular weight is 237 g/mol. The molecule has 3 N–H and O–H groups in total. The number of unbranched alkanes of at least 4 members (excludes halogenated alkanes) is 1. The topological polar surface area (TPSA) is 72.5 Å². The van der Waals surface area contributed by atoms with E-state index in [0.29, 0.717) is 12.2 Å². The summed E-state index contributed by atoms with van der Waals surface area (Å²) in [4.78, 5) is 11.6. The molecule has 0 amide bonds. The Balaban J connectivity index is 2.58. The first-order chi connectivity index (χ1) is 8.19. The van der Waals surface area contributed by atoms with Crippen LogP contribution in [0.3, 0.4) is 0 Å². The predicted molar refractivity (Wildman–Crippen MR) is 66.2 cm³/mol. The fraction of sp³-hybridized carbons (Fsp3) is 0.462. The Morgan fingerprint density at radius 2 is 2.06 bits per heavy atom. The summed E-state index contributed by atoms with van der Waals surface area (Å²) in [7, 11) is 0. The summed E-state index contributed by atoms with van der Waals surface area (Å²) < 4.78 is 5.48. The van der Waals surface area contributed by atoms with Crippen LogP contribution >= 0.6 is 0 Å². The molecular weight excluding hydrogens is 218 g/mol. The molecule has 1 atom stereocenters. The van der Waals surface area contributed by atoms with Crippen molar-refractivity contribution in [2.24, 2.45) is 5.73 Å². The number of carbonyl (C=O) groups excluding carboxylic acids is 1. The number of carbonyl (C=O) groups is 1. The van der Waals surface area contributed by atoms with E-state index >= 15 is 0 Å². The van der Waals surface area contributed by atoms with Crippen molar-refractivity contribution in [1.29, 1.82) is 0 Å². The molecule has 17 heavy (non-hydrogen) atoms. The number of benzene rings is 1. The molecule has 1 aromatic carbocycles. The minimum absolute atomic E-state index is 0.257. The summed E-state index contributed by atoms with van der Waals surface area (Å²) in [5, 5.41) is 8.79. The third-order valence-electron chi connectivity index (χ3n) is 2.44. The Labute approximate surface area is 101 Å². The molecule has 0 unspecified atom stereocenters. The average Bonchev–Trinajstić information content (AvgIpc) is 2.38. The van der Waals surface area contributed by atoms with Gasteiger partial charge in [0.2, 0.25) is 0 Å². The second kappa shape index (κ2) is 7.04. The van der Waals surface area contributed by atoms with Gasteiger partial charge in [-0.15, -0.1) is 0 Å². The van der Waals surface area contributed by atoms with Gasteiger partial charge in [0.1, 0.15) is 5.75 Å². The fourth-order valence-electron chi connectivity index (χ4n) is 1.35. The van der Waals surface area contributed by atoms with Crippen LogP contribution in [0.2, 0.25) is 0 Å². The zero-order valence-electron chi connectivity index (χ0n) is 10.1. The van der Waals surface area contributed by atoms with Gasteiger partial charge in [-0.25, -0.2) is 0 Å². The van der Waals surface area contributed by atoms with Gasteiger partial charge in [0.15, 0.2) is 5.78 Å². The number of Topliss-reactive ketones (excluding diaryl/α,β-unsaturated/α-hetero) is 1. The number of rotatable bonds is 7. The number of aliphatic hydroxyl groups is 1. The van der Waals surface area contributed by atoms with E-state index in [1.54, 1.807) is 24.3 Å². The molecule has 0 saturated heterocycles. The van der Waals surface area contributed by atoms with Crippen LogP contribution in [0.25, 0.3) is 0 Å². The van der Waals surface area contributed by atoms with E-state index in [-0.39, 0.29) is 12.4 Å². The Hall–Kier alpha value is -1.39. The van der Waals surface area contributed by atoms with E-state index in [2.05, 4.69) is 6.92 Å². The summed E-state index contributed by atoms with van der Waals surface area (Å²) in [6.45, 7) is 2.44. The summed E-state index contributed by atoms with van der Waals surface area (Å²) in [5.41, 5.74) is 5.95. The molecule has 0 spiro atoms. The molecule has 0 heterocycles. The molecule has 1 rings (SSSR count). The highest BCUT2D eigenvalue weighted by Crippen LogP contribution is 2.13. The summed E-state index contributed by atoms with van der Waals surface area (Å²) in [5.74, 6) is 0.486. The zero-order chi connectivity index (χ0) is 12.7. The highest BCUT2D eigenvalue weighted by Gasteiger charge is 2.14. The fourth-order valence-corrected chi connectivity index (χ4v) is 1.35. The van der Waals surface area contributed by atoms with Gasteiger partial charge < -0.3 is 15.6 Å². The SMILES string of the molecule is CCCCOc1ccc(C(=O)[C@H](N)CO)cc1. The molecule has 0 aliphatic rings. The van der Waals surface area contributed by atoms with Crippen LogP contribution in [0.5, 0.6) is 5.75 Å². The lowest BCUT2D eigenvalue weighted by Gasteiger charge is -2.08. The van der Waals surface area contributed by atoms with Gasteiger partial charge in [-0.2, -0.15) is 0 Å². The van der Waals surface area contributed by atoms with Gasteiger partial charge in [-0.1, -0.05) is 13.3 Å². The van der Waals surface area contributed by atoms with Crippen LogP contribution in [-0.2, 0) is 0 Å². The van der Waals surface area contributed by atoms with E-state index in [4.69, 9.17) is 15.6 Å². The van der Waals surface area contributed by atoms with Gasteiger partial charge in [0, 0.05) is 5.56 Å². The van der Waals surface area contributed by atoms with E-state index in [0.717, 1.165) is 18.6 Å². The van der Waals surface area contributed by atoms with Gasteiger partial charge in [0.25, 0.3) is 0 Å². The summed E-state index contributed by atoms with van der Waals surface area (Å²) in [6.07, 6.45) is 2.10. The number of hydrogen-bond donors (Lipinski definition) is 2. The van der Waals surface area contributed by atoms with E-state index in [9.17, 15) is 4.79 Å². The molecule has 94 valence electrons. The van der Waals surface area contributed by atoms with Crippen molar-refractivity contribution in [2.75, 3.05) is 13.2 Å². The zero-order valence-corrected chi connectivity index (χ0v) is 10.1. The van der Waals surface area contributed by atoms with Crippen molar-refractivity contribution in [2.45, 2.75) is 25.8 Å². The predicted octanol–water partition coefficient (Wildman–Crippen LogP) is 1.37. The molecule has 0 saturated carbocycles. The molecule has 0 fully saturated rings. The van der Waals surface area contributed by atoms with Gasteiger partial charge in [0.05, 0.1) is 19.3 Å². The maximum atomic E-state index is 11.6. The second-order valence-electron chi connectivity index (χ2n) is 3.88. The number of nitrogens with two attached hydrogens (primary N) is 1. The largest absolute Gasteiger partial charge is 0.494 e. The Bertz CT molecular complexity index is 348. The van der Waals surface area contributed by atoms with Crippen molar-refractivity contribution >= 4 is 5.78 Å². The summed E-state index contributed by atoms with van der Waals surface area (Å²) >= 11 is 0. The quantitative estimate of drug-likeness (QED) is 0.555. The van der Waals surface area contributed by atoms with Crippen LogP contribution in [0.1, 0.15) is 30.1 Å². The molecular formula is C13H19NO3. The first-order valence-electron chi connectivity index (χ1n) is 5.82. The maximum Gasteiger partial charge on any atom is 0.181 e. The lowest BCUT2D eigenvalue weighted by molar-refractivity contribution is 0.0925. The van der Waals surface area contributed by atoms with E-state index < -0.39 is 6.04 Å². The van der Waals surface area contributed by atoms with Crippen molar-refractivity contribution < 1.29 is 14.6 Å². The Kier molecular flexibility index (Phi) is 5.66. The smallest absolute Gasteiger partial charge is 0.181 e. The van der Waals surface area contributed by atoms with E-state index in [1.165, 1.54) is 0 Å². The standard InChI is InChI=1S/C13H19NO3/c1-2-3-8-17-11-6-4-10(5-7-11)13(16)12(14)9-15/h4-7,12,15H,2-3,8-9,14H2,1H3/t12-/m1/s1. The van der Waals surface area contributed by atoms with Crippen LogP contribution < -0.4 is 10.5 Å². The monoisotopic (exact) mass is 237 g/mol. The lowest BCUT2D eigenvalue weighted by Crippen LogP contribution is -2.33. The molecule has 1 aromatic rings. The molecule has 4 nitrogen and oxygen atoms in total. The minimum Gasteiger partial charge on any atom is -0.494 e. The van der Waals surface area contributed by atoms with E-state index in [1.807, 2.05) is 0 Å². The lowest BCUT2D eigenvalue weighted by atomic mass is 10.1. The van der Waals surface area contributed by atoms with Gasteiger partial charge in [-0.05, 0) is 30.7 Å². The number of ketones is 1. The van der Waals surface area contributed by atoms with Gasteiger partial charge >= 0.3 is 0 Å². The third kappa shape index (κ3) is 4.17. The third-order valence-corrected chi connectivity index (χ3v) is 2.44. The molecule has 0 aliphatic carbocycles. The summed E-state index contributed by atoms with van der Waals surface area (Å²) in [6, 6.07) is 5.97. The first kappa shape index (κ1) is 13.7. The molecule has 0 aromatic heterocycles. The molecule has 4 heteroatoms. The number of ether oxygens (including phenoxy) is 1. The van der Waals surface area contributed by atoms with Crippen LogP contribution in [-0.4, -0.2) is 30.1 Å². The van der Waals surface area contributed by atoms with Crippen LogP contribution in [0.15, 0.2) is 24.3 Å². The van der Waals surface area contributed by atoms with Crippen molar-refractivity contribution in [3.05, 3.63) is 29.8 Å². The van der Waals surface area contributed by atoms with Crippen LogP contribution in [0, 0.1) is 0 Å². The highest BCUT2D eigenvalue weighted by molar-refractivity contribution is 6.00. The van der Waals surface area contributed by atoms with Crippen molar-refractivity contribution in [3.63, 3.8) is 0 Å². The number of hydrogen-bond acceptors (Lipinski definition) is 4. The number of aliphatic hydroxyl groups excluding tert-OH is 1. The highest BCUT2D eigenvalue weighted by atomic mass is 16.5. The molecule has 0 radical (unpaired) electrons. The van der Waals surface area contributed by atoms with Crippen LogP contribution in [0.4, 0.5) is 0 Å². The second-order valence-corrected chi connectivity index (χ2v) is 3.88. The normalized spacial score (nSPS) is 12.2.